The minimum Gasteiger partial charge on any atom is -0.377 e. The quantitative estimate of drug-likeness (QED) is 0.388. The molecule has 2 aromatic carbocycles. The smallest absolute Gasteiger partial charge is 0.0718 e. The highest BCUT2D eigenvalue weighted by atomic mass is 16.5. The average molecular weight is 308 g/mol. The van der Waals surface area contributed by atoms with Crippen molar-refractivity contribution in [2.24, 2.45) is 0 Å². The predicted octanol–water partition coefficient (Wildman–Crippen LogP) is 5.97. The van der Waals surface area contributed by atoms with Crippen LogP contribution in [0.15, 0.2) is 73.3 Å². The zero-order chi connectivity index (χ0) is 16.3. The van der Waals surface area contributed by atoms with Crippen molar-refractivity contribution in [2.75, 3.05) is 6.61 Å². The van der Waals surface area contributed by atoms with Crippen molar-refractivity contribution in [3.05, 3.63) is 84.4 Å². The second-order valence-electron chi connectivity index (χ2n) is 5.94. The number of hydrogen-bond donors (Lipinski definition) is 0. The van der Waals surface area contributed by atoms with E-state index in [4.69, 9.17) is 4.74 Å². The molecule has 2 aromatic rings. The monoisotopic (exact) mass is 308 g/mol. The van der Waals surface area contributed by atoms with Crippen molar-refractivity contribution in [1.29, 1.82) is 0 Å². The van der Waals surface area contributed by atoms with Crippen LogP contribution in [0.25, 0.3) is 0 Å². The van der Waals surface area contributed by atoms with Crippen molar-refractivity contribution in [3.63, 3.8) is 0 Å². The molecule has 0 bridgehead atoms. The molecule has 0 saturated heterocycles. The Morgan fingerprint density at radius 3 is 1.96 bits per heavy atom. The van der Waals surface area contributed by atoms with Crippen LogP contribution in [0.3, 0.4) is 0 Å². The van der Waals surface area contributed by atoms with Crippen molar-refractivity contribution in [3.8, 4) is 0 Å². The fourth-order valence-corrected chi connectivity index (χ4v) is 2.99. The van der Waals surface area contributed by atoms with E-state index in [0.29, 0.717) is 0 Å². The van der Waals surface area contributed by atoms with Crippen LogP contribution >= 0.6 is 0 Å². The van der Waals surface area contributed by atoms with Gasteiger partial charge in [0, 0.05) is 12.5 Å². The van der Waals surface area contributed by atoms with Crippen LogP contribution in [0.1, 0.15) is 49.7 Å². The van der Waals surface area contributed by atoms with Crippen molar-refractivity contribution >= 4 is 0 Å². The zero-order valence-corrected chi connectivity index (χ0v) is 14.2. The van der Waals surface area contributed by atoms with Crippen molar-refractivity contribution in [1.82, 2.24) is 0 Å². The van der Waals surface area contributed by atoms with E-state index in [9.17, 15) is 0 Å². The summed E-state index contributed by atoms with van der Waals surface area (Å²) < 4.78 is 6.28. The third kappa shape index (κ3) is 5.37. The molecule has 0 spiro atoms. The molecular formula is C22H28O. The Kier molecular flexibility index (Phi) is 7.62. The van der Waals surface area contributed by atoms with Crippen LogP contribution in [0.4, 0.5) is 0 Å². The van der Waals surface area contributed by atoms with Crippen LogP contribution in [-0.4, -0.2) is 12.7 Å². The SMILES string of the molecule is C=CCC(OCCCCC)C(c1ccccc1)c1ccccc1. The second kappa shape index (κ2) is 10.0. The van der Waals surface area contributed by atoms with Crippen LogP contribution in [0, 0.1) is 0 Å². The van der Waals surface area contributed by atoms with Gasteiger partial charge in [-0.2, -0.15) is 0 Å². The first kappa shape index (κ1) is 17.5. The molecule has 2 rings (SSSR count). The van der Waals surface area contributed by atoms with Gasteiger partial charge in [-0.3, -0.25) is 0 Å². The lowest BCUT2D eigenvalue weighted by molar-refractivity contribution is 0.0419. The predicted molar refractivity (Wildman–Crippen MR) is 98.8 cm³/mol. The highest BCUT2D eigenvalue weighted by Crippen LogP contribution is 2.31. The topological polar surface area (TPSA) is 9.23 Å². The maximum absolute atomic E-state index is 6.28. The fourth-order valence-electron chi connectivity index (χ4n) is 2.99. The first-order chi connectivity index (χ1) is 11.4. The first-order valence-corrected chi connectivity index (χ1v) is 8.69. The maximum Gasteiger partial charge on any atom is 0.0718 e. The molecule has 0 amide bonds. The summed E-state index contributed by atoms with van der Waals surface area (Å²) >= 11 is 0. The summed E-state index contributed by atoms with van der Waals surface area (Å²) in [5.74, 6) is 0.247. The highest BCUT2D eigenvalue weighted by molar-refractivity contribution is 5.34. The number of hydrogen-bond acceptors (Lipinski definition) is 1. The third-order valence-electron chi connectivity index (χ3n) is 4.17. The van der Waals surface area contributed by atoms with Gasteiger partial charge < -0.3 is 4.74 Å². The molecule has 1 unspecified atom stereocenters. The zero-order valence-electron chi connectivity index (χ0n) is 14.2. The summed E-state index contributed by atoms with van der Waals surface area (Å²) in [5.41, 5.74) is 2.61. The summed E-state index contributed by atoms with van der Waals surface area (Å²) in [4.78, 5) is 0. The number of unbranched alkanes of at least 4 members (excludes halogenated alkanes) is 2. The van der Waals surface area contributed by atoms with Gasteiger partial charge in [0.25, 0.3) is 0 Å². The lowest BCUT2D eigenvalue weighted by atomic mass is 9.85. The molecule has 0 radical (unpaired) electrons. The minimum absolute atomic E-state index is 0.133. The number of rotatable bonds is 10. The van der Waals surface area contributed by atoms with E-state index in [1.54, 1.807) is 0 Å². The van der Waals surface area contributed by atoms with Gasteiger partial charge >= 0.3 is 0 Å². The standard InChI is InChI=1S/C22H28O/c1-3-5-12-18-23-21(13-4-2)22(19-14-8-6-9-15-19)20-16-10-7-11-17-20/h4,6-11,14-17,21-22H,2-3,5,12-13,18H2,1H3. The minimum atomic E-state index is 0.133. The van der Waals surface area contributed by atoms with E-state index >= 15 is 0 Å². The summed E-state index contributed by atoms with van der Waals surface area (Å²) in [6.45, 7) is 6.98. The van der Waals surface area contributed by atoms with Gasteiger partial charge in [0.2, 0.25) is 0 Å². The molecule has 0 heterocycles. The molecule has 1 heteroatoms. The highest BCUT2D eigenvalue weighted by Gasteiger charge is 2.24. The average Bonchev–Trinajstić information content (AvgIpc) is 2.61. The molecule has 0 saturated carbocycles. The van der Waals surface area contributed by atoms with Crippen molar-refractivity contribution < 1.29 is 4.74 Å². The number of benzene rings is 2. The summed E-state index contributed by atoms with van der Waals surface area (Å²) in [6.07, 6.45) is 6.54. The van der Waals surface area contributed by atoms with Gasteiger partial charge in [-0.05, 0) is 24.0 Å². The lowest BCUT2D eigenvalue weighted by Gasteiger charge is -2.28. The molecule has 0 aliphatic heterocycles. The van der Waals surface area contributed by atoms with E-state index in [1.165, 1.54) is 24.0 Å². The van der Waals surface area contributed by atoms with Gasteiger partial charge in [0.05, 0.1) is 6.10 Å². The molecule has 0 N–H and O–H groups in total. The Labute approximate surface area is 141 Å². The molecule has 0 aliphatic rings. The molecule has 23 heavy (non-hydrogen) atoms. The first-order valence-electron chi connectivity index (χ1n) is 8.69. The second-order valence-corrected chi connectivity index (χ2v) is 5.94. The van der Waals surface area contributed by atoms with Crippen LogP contribution in [-0.2, 0) is 4.74 Å². The molecule has 1 nitrogen and oxygen atoms in total. The molecule has 0 aliphatic carbocycles. The Morgan fingerprint density at radius 1 is 0.913 bits per heavy atom. The molecule has 122 valence electrons. The fraction of sp³-hybridized carbons (Fsp3) is 0.364. The van der Waals surface area contributed by atoms with Gasteiger partial charge in [0.15, 0.2) is 0 Å². The summed E-state index contributed by atoms with van der Waals surface area (Å²) in [5, 5.41) is 0. The van der Waals surface area contributed by atoms with E-state index in [2.05, 4.69) is 74.2 Å². The van der Waals surface area contributed by atoms with E-state index in [0.717, 1.165) is 19.4 Å². The summed E-state index contributed by atoms with van der Waals surface area (Å²) in [6, 6.07) is 21.3. The van der Waals surface area contributed by atoms with Crippen LogP contribution in [0.5, 0.6) is 0 Å². The molecular weight excluding hydrogens is 280 g/mol. The van der Waals surface area contributed by atoms with Gasteiger partial charge in [-0.1, -0.05) is 86.5 Å². The number of ether oxygens (including phenoxy) is 1. The lowest BCUT2D eigenvalue weighted by Crippen LogP contribution is -2.23. The van der Waals surface area contributed by atoms with Crippen molar-refractivity contribution in [2.45, 2.75) is 44.6 Å². The van der Waals surface area contributed by atoms with Crippen LogP contribution in [0.2, 0.25) is 0 Å². The Hall–Kier alpha value is -1.86. The van der Waals surface area contributed by atoms with E-state index in [-0.39, 0.29) is 12.0 Å². The third-order valence-corrected chi connectivity index (χ3v) is 4.17. The Bertz CT molecular complexity index is 507. The molecule has 0 aromatic heterocycles. The molecule has 1 atom stereocenters. The maximum atomic E-state index is 6.28. The van der Waals surface area contributed by atoms with Crippen LogP contribution < -0.4 is 0 Å². The summed E-state index contributed by atoms with van der Waals surface area (Å²) in [7, 11) is 0. The van der Waals surface area contributed by atoms with Gasteiger partial charge in [-0.15, -0.1) is 6.58 Å². The Morgan fingerprint density at radius 2 is 1.48 bits per heavy atom. The Balaban J connectivity index is 2.24. The molecule has 0 fully saturated rings. The van der Waals surface area contributed by atoms with E-state index in [1.807, 2.05) is 6.08 Å². The normalized spacial score (nSPS) is 12.3. The van der Waals surface area contributed by atoms with Gasteiger partial charge in [0.1, 0.15) is 0 Å². The van der Waals surface area contributed by atoms with Gasteiger partial charge in [-0.25, -0.2) is 0 Å². The largest absolute Gasteiger partial charge is 0.377 e. The van der Waals surface area contributed by atoms with E-state index < -0.39 is 0 Å².